The second-order valence-electron chi connectivity index (χ2n) is 9.57. The molecule has 0 fully saturated rings. The van der Waals surface area contributed by atoms with Gasteiger partial charge >= 0.3 is 0 Å². The van der Waals surface area contributed by atoms with E-state index in [1.54, 1.807) is 11.3 Å². The molecule has 0 aliphatic heterocycles. The number of rotatable bonds is 18. The molecule has 202 valence electrons. The number of carbonyl (C=O) groups excluding carboxylic acids is 1. The van der Waals surface area contributed by atoms with Gasteiger partial charge in [0, 0.05) is 16.8 Å². The van der Waals surface area contributed by atoms with Crippen LogP contribution in [0.25, 0.3) is 0 Å². The van der Waals surface area contributed by atoms with Crippen LogP contribution in [0.4, 0.5) is 5.69 Å². The van der Waals surface area contributed by atoms with Crippen LogP contribution in [0.2, 0.25) is 0 Å². The van der Waals surface area contributed by atoms with Crippen molar-refractivity contribution in [2.45, 2.75) is 90.5 Å². The van der Waals surface area contributed by atoms with E-state index < -0.39 is 0 Å². The average Bonchev–Trinajstić information content (AvgIpc) is 3.41. The summed E-state index contributed by atoms with van der Waals surface area (Å²) in [5, 5.41) is 5.05. The summed E-state index contributed by atoms with van der Waals surface area (Å²) >= 11 is 1.64. The van der Waals surface area contributed by atoms with Gasteiger partial charge < -0.3 is 27.0 Å². The summed E-state index contributed by atoms with van der Waals surface area (Å²) in [7, 11) is 0. The lowest BCUT2D eigenvalue weighted by Crippen LogP contribution is -3.00. The van der Waals surface area contributed by atoms with E-state index in [0.29, 0.717) is 12.1 Å². The minimum absolute atomic E-state index is 0. The van der Waals surface area contributed by atoms with Gasteiger partial charge in [0.2, 0.25) is 5.51 Å². The van der Waals surface area contributed by atoms with E-state index in [4.69, 9.17) is 4.74 Å². The van der Waals surface area contributed by atoms with Crippen LogP contribution in [0.3, 0.4) is 0 Å². The standard InChI is InChI=1S/C31H42N2O2S.BrH/c1-2-3-4-5-6-7-8-9-10-11-12-15-23-35-29-20-18-28(19-21-29)32-31(34)30-17-14-13-16-27(30)25-33-22-24-36-26-33;/h13-14,16-22,24,26H,2-12,15,23,25H2,1H3;1H. The Balaban J connectivity index is 0.00000481. The van der Waals surface area contributed by atoms with Gasteiger partial charge in [0.25, 0.3) is 5.91 Å². The van der Waals surface area contributed by atoms with Gasteiger partial charge in [0.15, 0.2) is 12.7 Å². The number of unbranched alkanes of at least 4 members (excludes halogenated alkanes) is 11. The van der Waals surface area contributed by atoms with E-state index in [1.165, 1.54) is 70.6 Å². The second-order valence-corrected chi connectivity index (χ2v) is 10.3. The van der Waals surface area contributed by atoms with Crippen LogP contribution in [-0.4, -0.2) is 12.5 Å². The maximum absolute atomic E-state index is 12.9. The number of halogens is 1. The van der Waals surface area contributed by atoms with Crippen LogP contribution in [0.15, 0.2) is 65.6 Å². The van der Waals surface area contributed by atoms with Gasteiger partial charge in [-0.25, -0.2) is 0 Å². The van der Waals surface area contributed by atoms with Crippen molar-refractivity contribution < 1.29 is 31.1 Å². The minimum Gasteiger partial charge on any atom is -1.00 e. The lowest BCUT2D eigenvalue weighted by Gasteiger charge is -2.10. The smallest absolute Gasteiger partial charge is 0.256 e. The molecular weight excluding hydrogens is 544 g/mol. The first-order chi connectivity index (χ1) is 17.8. The molecule has 6 heteroatoms. The van der Waals surface area contributed by atoms with Crippen molar-refractivity contribution in [1.82, 2.24) is 0 Å². The Bertz CT molecular complexity index is 993. The van der Waals surface area contributed by atoms with Gasteiger partial charge in [-0.3, -0.25) is 4.79 Å². The first kappa shape index (κ1) is 31.0. The van der Waals surface area contributed by atoms with Crippen molar-refractivity contribution in [1.29, 1.82) is 0 Å². The number of ether oxygens (including phenoxy) is 1. The molecule has 0 unspecified atom stereocenters. The molecule has 0 spiro atoms. The molecule has 37 heavy (non-hydrogen) atoms. The zero-order valence-corrected chi connectivity index (χ0v) is 24.7. The fraction of sp³-hybridized carbons (Fsp3) is 0.484. The largest absolute Gasteiger partial charge is 1.00 e. The molecule has 0 saturated heterocycles. The van der Waals surface area contributed by atoms with Gasteiger partial charge in [-0.1, -0.05) is 107 Å². The first-order valence-electron chi connectivity index (χ1n) is 13.8. The number of nitrogens with one attached hydrogen (secondary N) is 1. The zero-order chi connectivity index (χ0) is 25.3. The molecule has 0 atom stereocenters. The molecule has 0 saturated carbocycles. The summed E-state index contributed by atoms with van der Waals surface area (Å²) in [5.74, 6) is 0.761. The van der Waals surface area contributed by atoms with Crippen molar-refractivity contribution in [2.24, 2.45) is 0 Å². The van der Waals surface area contributed by atoms with Crippen molar-refractivity contribution in [3.63, 3.8) is 0 Å². The first-order valence-corrected chi connectivity index (χ1v) is 14.7. The predicted molar refractivity (Wildman–Crippen MR) is 151 cm³/mol. The molecule has 3 rings (SSSR count). The number of carbonyl (C=O) groups is 1. The third kappa shape index (κ3) is 12.3. The average molecular weight is 588 g/mol. The number of amides is 1. The highest BCUT2D eigenvalue weighted by Crippen LogP contribution is 2.19. The Morgan fingerprint density at radius 2 is 1.46 bits per heavy atom. The molecule has 1 heterocycles. The number of nitrogens with zero attached hydrogens (tertiary/aromatic N) is 1. The summed E-state index contributed by atoms with van der Waals surface area (Å²) in [5.41, 5.74) is 4.52. The van der Waals surface area contributed by atoms with E-state index in [-0.39, 0.29) is 22.9 Å². The summed E-state index contributed by atoms with van der Waals surface area (Å²) in [4.78, 5) is 12.9. The molecule has 0 radical (unpaired) electrons. The quantitative estimate of drug-likeness (QED) is 0.160. The summed E-state index contributed by atoms with van der Waals surface area (Å²) in [6.07, 6.45) is 18.1. The second kappa shape index (κ2) is 19.0. The van der Waals surface area contributed by atoms with E-state index in [9.17, 15) is 4.79 Å². The normalized spacial score (nSPS) is 10.6. The van der Waals surface area contributed by atoms with Gasteiger partial charge in [0.05, 0.1) is 12.0 Å². The van der Waals surface area contributed by atoms with Crippen LogP contribution >= 0.6 is 11.3 Å². The third-order valence-electron chi connectivity index (χ3n) is 6.52. The monoisotopic (exact) mass is 586 g/mol. The van der Waals surface area contributed by atoms with Crippen LogP contribution < -0.4 is 31.6 Å². The Morgan fingerprint density at radius 3 is 2.08 bits per heavy atom. The van der Waals surface area contributed by atoms with Crippen molar-refractivity contribution in [3.8, 4) is 5.75 Å². The van der Waals surface area contributed by atoms with Crippen LogP contribution in [0.5, 0.6) is 5.75 Å². The Kier molecular flexibility index (Phi) is 15.9. The number of hydrogen-bond acceptors (Lipinski definition) is 3. The number of aromatic nitrogens is 1. The molecule has 2 aromatic carbocycles. The van der Waals surface area contributed by atoms with Gasteiger partial charge in [-0.2, -0.15) is 4.57 Å². The highest BCUT2D eigenvalue weighted by molar-refractivity contribution is 7.07. The molecule has 1 amide bonds. The number of benzene rings is 2. The van der Waals surface area contributed by atoms with Crippen molar-refractivity contribution >= 4 is 22.9 Å². The van der Waals surface area contributed by atoms with Crippen LogP contribution in [-0.2, 0) is 6.54 Å². The maximum atomic E-state index is 12.9. The lowest BCUT2D eigenvalue weighted by molar-refractivity contribution is -0.683. The molecule has 1 N–H and O–H groups in total. The topological polar surface area (TPSA) is 42.2 Å². The lowest BCUT2D eigenvalue weighted by atomic mass is 10.1. The molecule has 4 nitrogen and oxygen atoms in total. The summed E-state index contributed by atoms with van der Waals surface area (Å²) in [6, 6.07) is 15.4. The fourth-order valence-electron chi connectivity index (χ4n) is 4.39. The number of anilines is 1. The van der Waals surface area contributed by atoms with Gasteiger partial charge in [-0.05, 0) is 36.8 Å². The summed E-state index contributed by atoms with van der Waals surface area (Å²) in [6.45, 7) is 3.70. The molecular formula is C31H43BrN2O2S. The van der Waals surface area contributed by atoms with E-state index in [1.807, 2.05) is 65.6 Å². The molecule has 1 aromatic heterocycles. The molecule has 0 aliphatic carbocycles. The van der Waals surface area contributed by atoms with Crippen LogP contribution in [0.1, 0.15) is 99.9 Å². The third-order valence-corrected chi connectivity index (χ3v) is 7.19. The van der Waals surface area contributed by atoms with E-state index in [2.05, 4.69) is 16.8 Å². The van der Waals surface area contributed by atoms with Gasteiger partial charge in [-0.15, -0.1) is 0 Å². The highest BCUT2D eigenvalue weighted by atomic mass is 79.9. The maximum Gasteiger partial charge on any atom is 0.256 e. The number of hydrogen-bond donors (Lipinski definition) is 1. The SMILES string of the molecule is CCCCCCCCCCCCCCOc1ccc(NC(=O)c2ccccc2C[n+]2ccsc2)cc1.[Br-]. The minimum atomic E-state index is -0.0911. The molecule has 3 aromatic rings. The van der Waals surface area contributed by atoms with Crippen LogP contribution in [0, 0.1) is 0 Å². The molecule has 0 bridgehead atoms. The molecule has 0 aliphatic rings. The Labute approximate surface area is 238 Å². The van der Waals surface area contributed by atoms with E-state index in [0.717, 1.165) is 30.0 Å². The Hall–Kier alpha value is -2.18. The Morgan fingerprint density at radius 1 is 0.838 bits per heavy atom. The number of thiazole rings is 1. The summed E-state index contributed by atoms with van der Waals surface area (Å²) < 4.78 is 7.99. The van der Waals surface area contributed by atoms with Crippen molar-refractivity contribution in [2.75, 3.05) is 11.9 Å². The highest BCUT2D eigenvalue weighted by Gasteiger charge is 2.14. The predicted octanol–water partition coefficient (Wildman–Crippen LogP) is 5.42. The zero-order valence-electron chi connectivity index (χ0n) is 22.3. The van der Waals surface area contributed by atoms with E-state index >= 15 is 0 Å². The fourth-order valence-corrected chi connectivity index (χ4v) is 4.99. The van der Waals surface area contributed by atoms with Gasteiger partial charge in [0.1, 0.15) is 5.75 Å². The van der Waals surface area contributed by atoms with Crippen molar-refractivity contribution in [3.05, 3.63) is 76.7 Å².